The van der Waals surface area contributed by atoms with E-state index in [4.69, 9.17) is 5.40 Å². The van der Waals surface area contributed by atoms with Crippen molar-refractivity contribution in [2.24, 2.45) is 5.40 Å². The molecule has 0 atom stereocenters. The van der Waals surface area contributed by atoms with Crippen molar-refractivity contribution in [3.8, 4) is 0 Å². The fourth-order valence-electron chi connectivity index (χ4n) is 1.93. The molecule has 0 spiro atoms. The van der Waals surface area contributed by atoms with Gasteiger partial charge in [-0.2, -0.15) is 0 Å². The highest BCUT2D eigenvalue weighted by atomic mass is 28.2. The Bertz CT molecular complexity index is 264. The van der Waals surface area contributed by atoms with E-state index in [2.05, 4.69) is 35.6 Å². The Balaban J connectivity index is 1.85. The monoisotopic (exact) mass is 250 g/mol. The molecular formula is C14H26N2Si. The van der Waals surface area contributed by atoms with Crippen LogP contribution in [0, 0.1) is 0 Å². The molecule has 96 valence electrons. The van der Waals surface area contributed by atoms with Crippen LogP contribution < -0.4 is 10.7 Å². The van der Waals surface area contributed by atoms with Crippen molar-refractivity contribution in [2.45, 2.75) is 38.1 Å². The second-order valence-corrected chi connectivity index (χ2v) is 5.83. The summed E-state index contributed by atoms with van der Waals surface area (Å²) in [6.07, 6.45) is 6.52. The normalized spacial score (nSPS) is 11.4. The first-order valence-corrected chi connectivity index (χ1v) is 8.70. The predicted molar refractivity (Wildman–Crippen MR) is 79.0 cm³/mol. The Morgan fingerprint density at radius 1 is 0.941 bits per heavy atom. The quantitative estimate of drug-likeness (QED) is 0.491. The van der Waals surface area contributed by atoms with Gasteiger partial charge in [-0.15, -0.1) is 0 Å². The van der Waals surface area contributed by atoms with Gasteiger partial charge >= 0.3 is 0 Å². The molecule has 0 bridgehead atoms. The zero-order chi connectivity index (χ0) is 12.2. The van der Waals surface area contributed by atoms with Crippen LogP contribution >= 0.6 is 0 Å². The molecule has 2 nitrogen and oxygen atoms in total. The lowest BCUT2D eigenvalue weighted by Gasteiger charge is -2.04. The molecule has 0 saturated carbocycles. The Morgan fingerprint density at radius 3 is 2.47 bits per heavy atom. The van der Waals surface area contributed by atoms with E-state index in [0.29, 0.717) is 0 Å². The largest absolute Gasteiger partial charge is 0.356 e. The highest BCUT2D eigenvalue weighted by molar-refractivity contribution is 6.30. The molecule has 1 aromatic rings. The molecule has 0 radical (unpaired) electrons. The number of hydrogen-bond acceptors (Lipinski definition) is 2. The molecule has 0 saturated heterocycles. The lowest BCUT2D eigenvalue weighted by molar-refractivity contribution is 0.598. The Kier molecular flexibility index (Phi) is 8.91. The molecule has 0 amide bonds. The second kappa shape index (κ2) is 10.5. The highest BCUT2D eigenvalue weighted by Crippen LogP contribution is 2.01. The van der Waals surface area contributed by atoms with Gasteiger partial charge in [0.25, 0.3) is 0 Å². The van der Waals surface area contributed by atoms with Crippen LogP contribution in [0.15, 0.2) is 30.3 Å². The molecule has 0 aliphatic rings. The van der Waals surface area contributed by atoms with Gasteiger partial charge in [-0.25, -0.2) is 0 Å². The fourth-order valence-corrected chi connectivity index (χ4v) is 2.57. The molecule has 0 aromatic heterocycles. The summed E-state index contributed by atoms with van der Waals surface area (Å²) in [6, 6.07) is 12.0. The summed E-state index contributed by atoms with van der Waals surface area (Å²) in [5, 5.41) is 9.10. The molecule has 3 heteroatoms. The van der Waals surface area contributed by atoms with E-state index in [9.17, 15) is 0 Å². The summed E-state index contributed by atoms with van der Waals surface area (Å²) in [7, 11) is -0.179. The fraction of sp³-hybridized carbons (Fsp3) is 0.571. The standard InChI is InChI=1S/C14H26N2Si/c15-17-13-7-2-1-6-11-16-12-10-14-8-4-3-5-9-14/h3-5,8-9,16H,1-2,6-7,10-13,15,17H2. The number of benzene rings is 1. The van der Waals surface area contributed by atoms with E-state index in [1.54, 1.807) is 0 Å². The van der Waals surface area contributed by atoms with Crippen LogP contribution in [0.2, 0.25) is 6.04 Å². The van der Waals surface area contributed by atoms with E-state index in [-0.39, 0.29) is 9.68 Å². The highest BCUT2D eigenvalue weighted by Gasteiger charge is 1.92. The number of hydrogen-bond donors (Lipinski definition) is 2. The maximum absolute atomic E-state index is 5.59. The predicted octanol–water partition coefficient (Wildman–Crippen LogP) is 1.84. The van der Waals surface area contributed by atoms with E-state index in [0.717, 1.165) is 19.5 Å². The molecule has 0 aliphatic heterocycles. The lowest BCUT2D eigenvalue weighted by Crippen LogP contribution is -2.18. The minimum Gasteiger partial charge on any atom is -0.356 e. The minimum absolute atomic E-state index is 0.179. The van der Waals surface area contributed by atoms with Gasteiger partial charge in [0.15, 0.2) is 0 Å². The second-order valence-electron chi connectivity index (χ2n) is 4.54. The van der Waals surface area contributed by atoms with E-state index < -0.39 is 0 Å². The Hall–Kier alpha value is -0.643. The summed E-state index contributed by atoms with van der Waals surface area (Å²) >= 11 is 0. The molecule has 1 rings (SSSR count). The smallest absolute Gasteiger partial charge is 0.0887 e. The average Bonchev–Trinajstić information content (AvgIpc) is 2.38. The van der Waals surface area contributed by atoms with Crippen LogP contribution in [0.3, 0.4) is 0 Å². The number of rotatable bonds is 10. The molecule has 0 heterocycles. The topological polar surface area (TPSA) is 38.0 Å². The van der Waals surface area contributed by atoms with Crippen LogP contribution in [-0.2, 0) is 6.42 Å². The van der Waals surface area contributed by atoms with Gasteiger partial charge in [0.05, 0.1) is 9.68 Å². The summed E-state index contributed by atoms with van der Waals surface area (Å²) in [4.78, 5) is 0. The van der Waals surface area contributed by atoms with Crippen molar-refractivity contribution in [1.29, 1.82) is 0 Å². The van der Waals surface area contributed by atoms with Gasteiger partial charge in [0, 0.05) is 0 Å². The number of nitrogens with two attached hydrogens (primary N) is 1. The van der Waals surface area contributed by atoms with Gasteiger partial charge in [-0.1, -0.05) is 55.6 Å². The van der Waals surface area contributed by atoms with Gasteiger partial charge < -0.3 is 10.7 Å². The summed E-state index contributed by atoms with van der Waals surface area (Å²) < 4.78 is 0. The van der Waals surface area contributed by atoms with Crippen molar-refractivity contribution in [3.05, 3.63) is 35.9 Å². The third kappa shape index (κ3) is 8.13. The Morgan fingerprint density at radius 2 is 1.71 bits per heavy atom. The molecule has 3 N–H and O–H groups in total. The van der Waals surface area contributed by atoms with Crippen LogP contribution in [0.5, 0.6) is 0 Å². The van der Waals surface area contributed by atoms with Crippen LogP contribution in [-0.4, -0.2) is 22.8 Å². The van der Waals surface area contributed by atoms with Crippen LogP contribution in [0.25, 0.3) is 0 Å². The SMILES string of the molecule is N[SiH2]CCCCCCNCCc1ccccc1. The molecule has 0 unspecified atom stereocenters. The van der Waals surface area contributed by atoms with Crippen molar-refractivity contribution < 1.29 is 0 Å². The third-order valence-electron chi connectivity index (χ3n) is 2.99. The van der Waals surface area contributed by atoms with Crippen LogP contribution in [0.1, 0.15) is 31.2 Å². The van der Waals surface area contributed by atoms with Gasteiger partial charge in [0.1, 0.15) is 0 Å². The van der Waals surface area contributed by atoms with Gasteiger partial charge in [-0.05, 0) is 31.5 Å². The lowest BCUT2D eigenvalue weighted by atomic mass is 10.1. The van der Waals surface area contributed by atoms with E-state index >= 15 is 0 Å². The summed E-state index contributed by atoms with van der Waals surface area (Å²) in [5.41, 5.74) is 1.42. The van der Waals surface area contributed by atoms with Crippen molar-refractivity contribution in [1.82, 2.24) is 5.32 Å². The first kappa shape index (κ1) is 14.4. The van der Waals surface area contributed by atoms with Crippen molar-refractivity contribution in [2.75, 3.05) is 13.1 Å². The van der Waals surface area contributed by atoms with Gasteiger partial charge in [-0.3, -0.25) is 0 Å². The van der Waals surface area contributed by atoms with Crippen molar-refractivity contribution >= 4 is 9.68 Å². The first-order valence-electron chi connectivity index (χ1n) is 6.88. The van der Waals surface area contributed by atoms with E-state index in [1.165, 1.54) is 37.3 Å². The zero-order valence-corrected chi connectivity index (χ0v) is 12.2. The molecule has 1 aromatic carbocycles. The minimum atomic E-state index is -0.179. The average molecular weight is 250 g/mol. The molecule has 0 fully saturated rings. The van der Waals surface area contributed by atoms with Crippen LogP contribution in [0.4, 0.5) is 0 Å². The van der Waals surface area contributed by atoms with E-state index in [1.807, 2.05) is 0 Å². The third-order valence-corrected chi connectivity index (χ3v) is 3.90. The molecule has 0 aliphatic carbocycles. The zero-order valence-electron chi connectivity index (χ0n) is 10.8. The Labute approximate surface area is 108 Å². The summed E-state index contributed by atoms with van der Waals surface area (Å²) in [5.74, 6) is 0. The van der Waals surface area contributed by atoms with Gasteiger partial charge in [0.2, 0.25) is 0 Å². The number of nitrogens with one attached hydrogen (secondary N) is 1. The maximum Gasteiger partial charge on any atom is 0.0887 e. The summed E-state index contributed by atoms with van der Waals surface area (Å²) in [6.45, 7) is 2.26. The first-order chi connectivity index (χ1) is 8.43. The maximum atomic E-state index is 5.59. The number of unbranched alkanes of at least 4 members (excludes halogenated alkanes) is 3. The van der Waals surface area contributed by atoms with Crippen molar-refractivity contribution in [3.63, 3.8) is 0 Å². The molecular weight excluding hydrogens is 224 g/mol. The molecule has 17 heavy (non-hydrogen) atoms.